The number of ketones is 1. The lowest BCUT2D eigenvalue weighted by atomic mass is 10.0. The van der Waals surface area contributed by atoms with E-state index < -0.39 is 24.1 Å². The van der Waals surface area contributed by atoms with Crippen LogP contribution in [0.5, 0.6) is 0 Å². The van der Waals surface area contributed by atoms with Crippen LogP contribution in [-0.2, 0) is 33.1 Å². The number of Topliss-reactive ketones (excluding diaryl/α,β-unsaturated/α-hetero) is 1. The van der Waals surface area contributed by atoms with E-state index in [1.54, 1.807) is 6.26 Å². The summed E-state index contributed by atoms with van der Waals surface area (Å²) < 4.78 is 10.7. The molecule has 3 aromatic rings. The second-order valence-electron chi connectivity index (χ2n) is 8.69. The quantitative estimate of drug-likeness (QED) is 0.281. The number of thioether (sulfide) groups is 1. The van der Waals surface area contributed by atoms with Gasteiger partial charge in [0.1, 0.15) is 18.4 Å². The highest BCUT2D eigenvalue weighted by atomic mass is 32.2. The van der Waals surface area contributed by atoms with E-state index in [-0.39, 0.29) is 24.6 Å². The van der Waals surface area contributed by atoms with Crippen LogP contribution in [0.25, 0.3) is 0 Å². The molecule has 0 saturated heterocycles. The number of carbonyl (C=O) groups is 3. The van der Waals surface area contributed by atoms with Crippen molar-refractivity contribution in [2.45, 2.75) is 57.1 Å². The molecule has 196 valence electrons. The lowest BCUT2D eigenvalue weighted by Crippen LogP contribution is -2.52. The number of carbonyl (C=O) groups excluding carboxylic acids is 3. The van der Waals surface area contributed by atoms with Gasteiger partial charge in [0.25, 0.3) is 0 Å². The topological polar surface area (TPSA) is 97.6 Å². The van der Waals surface area contributed by atoms with Crippen LogP contribution in [0.1, 0.15) is 43.1 Å². The molecule has 0 radical (unpaired) electrons. The minimum absolute atomic E-state index is 0.0523. The molecule has 0 aliphatic rings. The Labute approximate surface area is 222 Å². The van der Waals surface area contributed by atoms with Gasteiger partial charge >= 0.3 is 6.09 Å². The molecular weight excluding hydrogens is 488 g/mol. The molecule has 37 heavy (non-hydrogen) atoms. The highest BCUT2D eigenvalue weighted by Gasteiger charge is 2.27. The summed E-state index contributed by atoms with van der Waals surface area (Å²) >= 11 is 1.45. The lowest BCUT2D eigenvalue weighted by Gasteiger charge is -2.23. The molecule has 0 fully saturated rings. The first kappa shape index (κ1) is 28.1. The fourth-order valence-corrected chi connectivity index (χ4v) is 4.58. The molecular formula is C29H34N2O5S. The standard InChI is InChI=1S/C29H34N2O5S/c1-2-3-16-25(27(32)21-37-20-24-15-10-17-35-24)30-28(33)26(18-22-11-6-4-7-12-22)31-29(34)36-19-23-13-8-5-9-14-23/h4-15,17,25-26H,2-3,16,18-21H2,1H3,(H,30,33)(H,31,34). The van der Waals surface area contributed by atoms with Crippen molar-refractivity contribution in [2.24, 2.45) is 0 Å². The van der Waals surface area contributed by atoms with Crippen LogP contribution < -0.4 is 10.6 Å². The van der Waals surface area contributed by atoms with Crippen molar-refractivity contribution in [2.75, 3.05) is 5.75 Å². The smallest absolute Gasteiger partial charge is 0.408 e. The molecule has 0 aliphatic carbocycles. The minimum atomic E-state index is -0.890. The maximum atomic E-state index is 13.3. The Morgan fingerprint density at radius 3 is 2.24 bits per heavy atom. The summed E-state index contributed by atoms with van der Waals surface area (Å²) in [7, 11) is 0. The maximum Gasteiger partial charge on any atom is 0.408 e. The van der Waals surface area contributed by atoms with Gasteiger partial charge < -0.3 is 19.8 Å². The molecule has 0 spiro atoms. The van der Waals surface area contributed by atoms with Gasteiger partial charge in [-0.05, 0) is 29.7 Å². The molecule has 1 heterocycles. The number of rotatable bonds is 15. The summed E-state index contributed by atoms with van der Waals surface area (Å²) in [6.45, 7) is 2.13. The van der Waals surface area contributed by atoms with Gasteiger partial charge in [0.15, 0.2) is 5.78 Å². The number of hydrogen-bond donors (Lipinski definition) is 2. The van der Waals surface area contributed by atoms with Crippen molar-refractivity contribution in [3.8, 4) is 0 Å². The number of furan rings is 1. The number of nitrogens with one attached hydrogen (secondary N) is 2. The van der Waals surface area contributed by atoms with E-state index in [2.05, 4.69) is 10.6 Å². The molecule has 2 unspecified atom stereocenters. The summed E-state index contributed by atoms with van der Waals surface area (Å²) in [6, 6.07) is 20.9. The van der Waals surface area contributed by atoms with Gasteiger partial charge in [-0.1, -0.05) is 80.4 Å². The number of unbranched alkanes of at least 4 members (excludes halogenated alkanes) is 1. The average Bonchev–Trinajstić information content (AvgIpc) is 3.44. The minimum Gasteiger partial charge on any atom is -0.468 e. The number of alkyl carbamates (subject to hydrolysis) is 1. The summed E-state index contributed by atoms with van der Waals surface area (Å²) in [4.78, 5) is 38.9. The molecule has 0 bridgehead atoms. The van der Waals surface area contributed by atoms with E-state index in [4.69, 9.17) is 9.15 Å². The van der Waals surface area contributed by atoms with E-state index in [0.29, 0.717) is 12.2 Å². The third-order valence-electron chi connectivity index (χ3n) is 5.72. The Kier molecular flexibility index (Phi) is 11.8. The predicted octanol–water partition coefficient (Wildman–Crippen LogP) is 5.29. The fraction of sp³-hybridized carbons (Fsp3) is 0.345. The summed E-state index contributed by atoms with van der Waals surface area (Å²) in [5.74, 6) is 1.17. The van der Waals surface area contributed by atoms with E-state index >= 15 is 0 Å². The monoisotopic (exact) mass is 522 g/mol. The van der Waals surface area contributed by atoms with Crippen molar-refractivity contribution in [1.29, 1.82) is 0 Å². The molecule has 2 N–H and O–H groups in total. The zero-order valence-corrected chi connectivity index (χ0v) is 21.9. The van der Waals surface area contributed by atoms with Crippen molar-refractivity contribution >= 4 is 29.5 Å². The molecule has 8 heteroatoms. The van der Waals surface area contributed by atoms with Crippen LogP contribution in [-0.4, -0.2) is 35.6 Å². The van der Waals surface area contributed by atoms with Crippen molar-refractivity contribution in [1.82, 2.24) is 10.6 Å². The van der Waals surface area contributed by atoms with E-state index in [1.165, 1.54) is 11.8 Å². The van der Waals surface area contributed by atoms with Gasteiger partial charge in [-0.25, -0.2) is 4.79 Å². The molecule has 1 aromatic heterocycles. The number of ether oxygens (including phenoxy) is 1. The Morgan fingerprint density at radius 2 is 1.59 bits per heavy atom. The third kappa shape index (κ3) is 10.2. The van der Waals surface area contributed by atoms with Crippen LogP contribution in [0.2, 0.25) is 0 Å². The zero-order chi connectivity index (χ0) is 26.3. The van der Waals surface area contributed by atoms with Gasteiger partial charge in [0.2, 0.25) is 5.91 Å². The van der Waals surface area contributed by atoms with Crippen LogP contribution in [0.3, 0.4) is 0 Å². The van der Waals surface area contributed by atoms with Crippen molar-refractivity contribution in [3.05, 3.63) is 95.9 Å². The second-order valence-corrected chi connectivity index (χ2v) is 9.68. The lowest BCUT2D eigenvalue weighted by molar-refractivity contribution is -0.128. The fourth-order valence-electron chi connectivity index (χ4n) is 3.71. The van der Waals surface area contributed by atoms with E-state index in [0.717, 1.165) is 29.7 Å². The van der Waals surface area contributed by atoms with E-state index in [9.17, 15) is 14.4 Å². The largest absolute Gasteiger partial charge is 0.468 e. The van der Waals surface area contributed by atoms with Crippen molar-refractivity contribution < 1.29 is 23.5 Å². The van der Waals surface area contributed by atoms with Gasteiger partial charge in [-0.15, -0.1) is 11.8 Å². The average molecular weight is 523 g/mol. The summed E-state index contributed by atoms with van der Waals surface area (Å²) in [5.41, 5.74) is 1.73. The van der Waals surface area contributed by atoms with Gasteiger partial charge in [0.05, 0.1) is 23.8 Å². The van der Waals surface area contributed by atoms with Crippen LogP contribution in [0.15, 0.2) is 83.5 Å². The molecule has 2 amide bonds. The first-order valence-electron chi connectivity index (χ1n) is 12.5. The summed E-state index contributed by atoms with van der Waals surface area (Å²) in [6.07, 6.45) is 3.43. The van der Waals surface area contributed by atoms with Gasteiger partial charge in [-0.2, -0.15) is 0 Å². The molecule has 0 aliphatic heterocycles. The SMILES string of the molecule is CCCCC(NC(=O)C(Cc1ccccc1)NC(=O)OCc1ccccc1)C(=O)CSCc1ccco1. The molecule has 3 rings (SSSR count). The normalized spacial score (nSPS) is 12.4. The highest BCUT2D eigenvalue weighted by molar-refractivity contribution is 7.99. The number of benzene rings is 2. The predicted molar refractivity (Wildman–Crippen MR) is 145 cm³/mol. The first-order chi connectivity index (χ1) is 18.0. The first-order valence-corrected chi connectivity index (χ1v) is 13.6. The van der Waals surface area contributed by atoms with Gasteiger partial charge in [-0.3, -0.25) is 9.59 Å². The zero-order valence-electron chi connectivity index (χ0n) is 21.1. The van der Waals surface area contributed by atoms with Crippen LogP contribution in [0, 0.1) is 0 Å². The molecule has 0 saturated carbocycles. The second kappa shape index (κ2) is 15.6. The Morgan fingerprint density at radius 1 is 0.892 bits per heavy atom. The van der Waals surface area contributed by atoms with Gasteiger partial charge in [0, 0.05) is 6.42 Å². The molecule has 2 aromatic carbocycles. The Bertz CT molecular complexity index is 1090. The maximum absolute atomic E-state index is 13.3. The Balaban J connectivity index is 1.62. The van der Waals surface area contributed by atoms with Crippen LogP contribution in [0.4, 0.5) is 4.79 Å². The number of amides is 2. The highest BCUT2D eigenvalue weighted by Crippen LogP contribution is 2.15. The molecule has 2 atom stereocenters. The third-order valence-corrected chi connectivity index (χ3v) is 6.70. The molecule has 7 nitrogen and oxygen atoms in total. The van der Waals surface area contributed by atoms with Crippen LogP contribution >= 0.6 is 11.8 Å². The summed E-state index contributed by atoms with van der Waals surface area (Å²) in [5, 5.41) is 5.59. The Hall–Kier alpha value is -3.52. The van der Waals surface area contributed by atoms with Crippen molar-refractivity contribution in [3.63, 3.8) is 0 Å². The number of hydrogen-bond acceptors (Lipinski definition) is 6. The van der Waals surface area contributed by atoms with E-state index in [1.807, 2.05) is 79.7 Å².